The first-order valence-corrected chi connectivity index (χ1v) is 5.20. The lowest BCUT2D eigenvalue weighted by molar-refractivity contribution is 0.688. The molecule has 1 nitrogen and oxygen atoms in total. The zero-order chi connectivity index (χ0) is 10.2. The van der Waals surface area contributed by atoms with Crippen molar-refractivity contribution >= 4 is 0 Å². The number of rotatable bonds is 6. The largest absolute Gasteiger partial charge is 0.316 e. The lowest BCUT2D eigenvalue weighted by atomic mass is 10.1. The molecule has 0 bridgehead atoms. The number of aryl methyl sites for hydroxylation is 1. The molecule has 0 unspecified atom stereocenters. The molecule has 0 saturated heterocycles. The molecule has 14 heavy (non-hydrogen) atoms. The van der Waals surface area contributed by atoms with E-state index in [-0.39, 0.29) is 0 Å². The molecule has 0 aliphatic rings. The van der Waals surface area contributed by atoms with Gasteiger partial charge in [0.2, 0.25) is 0 Å². The lowest BCUT2D eigenvalue weighted by Gasteiger charge is -2.05. The fourth-order valence-electron chi connectivity index (χ4n) is 1.44. The highest BCUT2D eigenvalue weighted by Crippen LogP contribution is 2.06. The Hall–Kier alpha value is -1.08. The van der Waals surface area contributed by atoms with Gasteiger partial charge in [-0.3, -0.25) is 0 Å². The normalized spacial score (nSPS) is 10.1. The molecule has 0 heterocycles. The highest BCUT2D eigenvalue weighted by Gasteiger charge is 1.95. The molecule has 0 aliphatic heterocycles. The van der Waals surface area contributed by atoms with Crippen LogP contribution in [0.2, 0.25) is 0 Å². The predicted molar refractivity (Wildman–Crippen MR) is 62.6 cm³/mol. The molecule has 1 aromatic rings. The lowest BCUT2D eigenvalue weighted by Crippen LogP contribution is -2.18. The molecule has 0 aromatic heterocycles. The van der Waals surface area contributed by atoms with Crippen molar-refractivity contribution in [2.45, 2.75) is 19.8 Å². The van der Waals surface area contributed by atoms with E-state index in [1.54, 1.807) is 0 Å². The first-order valence-electron chi connectivity index (χ1n) is 5.20. The van der Waals surface area contributed by atoms with Crippen LogP contribution in [-0.2, 0) is 6.42 Å². The second kappa shape index (κ2) is 6.39. The summed E-state index contributed by atoms with van der Waals surface area (Å²) in [7, 11) is 0. The Labute approximate surface area is 86.8 Å². The summed E-state index contributed by atoms with van der Waals surface area (Å²) in [5.41, 5.74) is 2.83. The minimum absolute atomic E-state index is 1.04. The molecular weight excluding hydrogens is 170 g/mol. The second-order valence-electron chi connectivity index (χ2n) is 3.50. The minimum Gasteiger partial charge on any atom is -0.316 e. The van der Waals surface area contributed by atoms with E-state index in [4.69, 9.17) is 0 Å². The molecule has 0 amide bonds. The molecule has 0 atom stereocenters. The summed E-state index contributed by atoms with van der Waals surface area (Å²) in [6.45, 7) is 7.95. The van der Waals surface area contributed by atoms with Crippen LogP contribution in [0.3, 0.4) is 0 Å². The summed E-state index contributed by atoms with van der Waals surface area (Å²) in [4.78, 5) is 0. The molecule has 1 aromatic carbocycles. The summed E-state index contributed by atoms with van der Waals surface area (Å²) in [5.74, 6) is 0. The molecule has 0 fully saturated rings. The highest BCUT2D eigenvalue weighted by molar-refractivity contribution is 5.25. The second-order valence-corrected chi connectivity index (χ2v) is 3.50. The molecule has 76 valence electrons. The van der Waals surface area contributed by atoms with Crippen LogP contribution in [-0.4, -0.2) is 13.1 Å². The molecule has 0 spiro atoms. The maximum absolute atomic E-state index is 3.69. The Kier molecular flexibility index (Phi) is 5.02. The molecule has 0 saturated carbocycles. The van der Waals surface area contributed by atoms with Crippen molar-refractivity contribution in [3.8, 4) is 0 Å². The van der Waals surface area contributed by atoms with E-state index in [9.17, 15) is 0 Å². The van der Waals surface area contributed by atoms with Gasteiger partial charge in [0, 0.05) is 0 Å². The summed E-state index contributed by atoms with van der Waals surface area (Å²) < 4.78 is 0. The molecule has 1 N–H and O–H groups in total. The van der Waals surface area contributed by atoms with Gasteiger partial charge < -0.3 is 5.32 Å². The van der Waals surface area contributed by atoms with Crippen LogP contribution in [0, 0.1) is 6.92 Å². The Morgan fingerprint density at radius 3 is 2.79 bits per heavy atom. The van der Waals surface area contributed by atoms with Gasteiger partial charge in [0.1, 0.15) is 0 Å². The Morgan fingerprint density at radius 2 is 2.07 bits per heavy atom. The van der Waals surface area contributed by atoms with Crippen LogP contribution < -0.4 is 5.32 Å². The third kappa shape index (κ3) is 3.75. The molecule has 1 heteroatoms. The van der Waals surface area contributed by atoms with Crippen molar-refractivity contribution in [3.63, 3.8) is 0 Å². The SMILES string of the molecule is C=CCCNCCc1ccccc1C. The van der Waals surface area contributed by atoms with E-state index in [1.807, 2.05) is 6.08 Å². The van der Waals surface area contributed by atoms with Gasteiger partial charge in [-0.15, -0.1) is 6.58 Å². The zero-order valence-corrected chi connectivity index (χ0v) is 8.92. The van der Waals surface area contributed by atoms with E-state index >= 15 is 0 Å². The highest BCUT2D eigenvalue weighted by atomic mass is 14.8. The third-order valence-electron chi connectivity index (χ3n) is 2.36. The van der Waals surface area contributed by atoms with Crippen molar-refractivity contribution in [1.29, 1.82) is 0 Å². The van der Waals surface area contributed by atoms with Gasteiger partial charge in [-0.25, -0.2) is 0 Å². The van der Waals surface area contributed by atoms with Gasteiger partial charge in [-0.05, 0) is 44.0 Å². The van der Waals surface area contributed by atoms with Gasteiger partial charge >= 0.3 is 0 Å². The van der Waals surface area contributed by atoms with E-state index in [0.717, 1.165) is 25.9 Å². The van der Waals surface area contributed by atoms with Gasteiger partial charge in [0.15, 0.2) is 0 Å². The average molecular weight is 189 g/mol. The summed E-state index contributed by atoms with van der Waals surface area (Å²) in [6, 6.07) is 8.56. The quantitative estimate of drug-likeness (QED) is 0.536. The van der Waals surface area contributed by atoms with E-state index in [0.29, 0.717) is 0 Å². The van der Waals surface area contributed by atoms with Crippen molar-refractivity contribution in [1.82, 2.24) is 5.32 Å². The Morgan fingerprint density at radius 1 is 1.29 bits per heavy atom. The maximum Gasteiger partial charge on any atom is -0.000813 e. The van der Waals surface area contributed by atoms with Gasteiger partial charge in [-0.2, -0.15) is 0 Å². The minimum atomic E-state index is 1.04. The number of hydrogen-bond acceptors (Lipinski definition) is 1. The van der Waals surface area contributed by atoms with Gasteiger partial charge in [-0.1, -0.05) is 30.3 Å². The number of benzene rings is 1. The van der Waals surface area contributed by atoms with E-state index < -0.39 is 0 Å². The standard InChI is InChI=1S/C13H19N/c1-3-4-10-14-11-9-13-8-6-5-7-12(13)2/h3,5-8,14H,1,4,9-11H2,2H3. The van der Waals surface area contributed by atoms with Crippen molar-refractivity contribution in [2.24, 2.45) is 0 Å². The van der Waals surface area contributed by atoms with Crippen LogP contribution in [0.25, 0.3) is 0 Å². The van der Waals surface area contributed by atoms with Crippen molar-refractivity contribution < 1.29 is 0 Å². The molecular formula is C13H19N. The molecule has 0 radical (unpaired) electrons. The first-order chi connectivity index (χ1) is 6.84. The molecule has 1 rings (SSSR count). The van der Waals surface area contributed by atoms with Crippen LogP contribution in [0.1, 0.15) is 17.5 Å². The molecule has 0 aliphatic carbocycles. The third-order valence-corrected chi connectivity index (χ3v) is 2.36. The predicted octanol–water partition coefficient (Wildman–Crippen LogP) is 2.70. The van der Waals surface area contributed by atoms with Crippen LogP contribution in [0.5, 0.6) is 0 Å². The fourth-order valence-corrected chi connectivity index (χ4v) is 1.44. The van der Waals surface area contributed by atoms with Crippen LogP contribution >= 0.6 is 0 Å². The van der Waals surface area contributed by atoms with Crippen molar-refractivity contribution in [3.05, 3.63) is 48.0 Å². The van der Waals surface area contributed by atoms with E-state index in [2.05, 4.69) is 43.1 Å². The monoisotopic (exact) mass is 189 g/mol. The van der Waals surface area contributed by atoms with Gasteiger partial charge in [0.05, 0.1) is 0 Å². The fraction of sp³-hybridized carbons (Fsp3) is 0.385. The Bertz CT molecular complexity index is 278. The summed E-state index contributed by atoms with van der Waals surface area (Å²) in [6.07, 6.45) is 4.11. The van der Waals surface area contributed by atoms with Crippen LogP contribution in [0.4, 0.5) is 0 Å². The summed E-state index contributed by atoms with van der Waals surface area (Å²) in [5, 5.41) is 3.39. The number of nitrogens with one attached hydrogen (secondary N) is 1. The van der Waals surface area contributed by atoms with Crippen molar-refractivity contribution in [2.75, 3.05) is 13.1 Å². The zero-order valence-electron chi connectivity index (χ0n) is 8.92. The smallest absolute Gasteiger partial charge is 0.000813 e. The first kappa shape index (κ1) is 11.0. The number of hydrogen-bond donors (Lipinski definition) is 1. The topological polar surface area (TPSA) is 12.0 Å². The van der Waals surface area contributed by atoms with E-state index in [1.165, 1.54) is 11.1 Å². The Balaban J connectivity index is 2.24. The summed E-state index contributed by atoms with van der Waals surface area (Å²) >= 11 is 0. The average Bonchev–Trinajstić information content (AvgIpc) is 2.20. The van der Waals surface area contributed by atoms with Crippen LogP contribution in [0.15, 0.2) is 36.9 Å². The maximum atomic E-state index is 3.69. The van der Waals surface area contributed by atoms with Gasteiger partial charge in [0.25, 0.3) is 0 Å².